The van der Waals surface area contributed by atoms with Crippen LogP contribution in [-0.4, -0.2) is 33.8 Å². The minimum absolute atomic E-state index is 0.149. The van der Waals surface area contributed by atoms with E-state index in [-0.39, 0.29) is 5.91 Å². The monoisotopic (exact) mass is 313 g/mol. The van der Waals surface area contributed by atoms with Gasteiger partial charge in [-0.1, -0.05) is 17.2 Å². The van der Waals surface area contributed by atoms with Crippen LogP contribution in [0.1, 0.15) is 46.1 Å². The molecule has 2 N–H and O–H groups in total. The molecule has 6 nitrogen and oxygen atoms in total. The summed E-state index contributed by atoms with van der Waals surface area (Å²) in [6, 6.07) is 5.81. The maximum atomic E-state index is 12.5. The highest BCUT2D eigenvalue weighted by molar-refractivity contribution is 6.03. The van der Waals surface area contributed by atoms with E-state index in [9.17, 15) is 4.79 Å². The van der Waals surface area contributed by atoms with Crippen LogP contribution in [0.2, 0.25) is 0 Å². The first kappa shape index (κ1) is 15.7. The molecule has 6 heteroatoms. The molecule has 0 unspecified atom stereocenters. The molecule has 1 saturated heterocycles. The van der Waals surface area contributed by atoms with Crippen LogP contribution in [0, 0.1) is 13.8 Å². The van der Waals surface area contributed by atoms with Crippen LogP contribution in [0.4, 0.5) is 5.95 Å². The van der Waals surface area contributed by atoms with Crippen molar-refractivity contribution in [1.29, 1.82) is 0 Å². The van der Waals surface area contributed by atoms with E-state index in [0.717, 1.165) is 42.9 Å². The Bertz CT molecular complexity index is 696. The van der Waals surface area contributed by atoms with E-state index in [1.165, 1.54) is 0 Å². The summed E-state index contributed by atoms with van der Waals surface area (Å²) >= 11 is 0. The van der Waals surface area contributed by atoms with Crippen molar-refractivity contribution in [1.82, 2.24) is 20.1 Å². The van der Waals surface area contributed by atoms with Gasteiger partial charge in [0.25, 0.3) is 5.91 Å². The number of carbonyl (C=O) groups is 1. The van der Waals surface area contributed by atoms with Crippen LogP contribution in [0.15, 0.2) is 18.2 Å². The fraction of sp³-hybridized carbons (Fsp3) is 0.471. The van der Waals surface area contributed by atoms with E-state index in [4.69, 9.17) is 0 Å². The fourth-order valence-electron chi connectivity index (χ4n) is 3.05. The molecule has 0 bridgehead atoms. The lowest BCUT2D eigenvalue weighted by Crippen LogP contribution is -2.27. The molecule has 0 aliphatic carbocycles. The van der Waals surface area contributed by atoms with E-state index in [2.05, 4.69) is 20.7 Å². The third-order valence-electron chi connectivity index (χ3n) is 4.19. The van der Waals surface area contributed by atoms with Crippen molar-refractivity contribution in [3.05, 3.63) is 40.7 Å². The van der Waals surface area contributed by atoms with Crippen LogP contribution in [0.5, 0.6) is 0 Å². The van der Waals surface area contributed by atoms with Gasteiger partial charge in [0.05, 0.1) is 0 Å². The molecule has 23 heavy (non-hydrogen) atoms. The lowest BCUT2D eigenvalue weighted by atomic mass is 9.98. The SMILES string of the molecule is Cc1cc(C)cc(C(=O)Nc2nc(C3CCNCC3)nn2C)c1. The first-order chi connectivity index (χ1) is 11.0. The molecule has 0 saturated carbocycles. The molecule has 2 heterocycles. The summed E-state index contributed by atoms with van der Waals surface area (Å²) in [5, 5.41) is 10.7. The Labute approximate surface area is 136 Å². The van der Waals surface area contributed by atoms with Crippen molar-refractivity contribution in [2.45, 2.75) is 32.6 Å². The molecule has 1 amide bonds. The minimum atomic E-state index is -0.149. The average Bonchev–Trinajstić information content (AvgIpc) is 2.88. The van der Waals surface area contributed by atoms with Crippen LogP contribution in [0.25, 0.3) is 0 Å². The number of piperidine rings is 1. The number of hydrogen-bond acceptors (Lipinski definition) is 4. The number of aromatic nitrogens is 3. The second-order valence-electron chi connectivity index (χ2n) is 6.27. The van der Waals surface area contributed by atoms with Gasteiger partial charge in [-0.25, -0.2) is 4.68 Å². The summed E-state index contributed by atoms with van der Waals surface area (Å²) in [7, 11) is 1.81. The summed E-state index contributed by atoms with van der Waals surface area (Å²) in [5.41, 5.74) is 2.79. The number of amides is 1. The molecule has 1 aliphatic heterocycles. The summed E-state index contributed by atoms with van der Waals surface area (Å²) < 4.78 is 1.65. The molecule has 0 atom stereocenters. The Balaban J connectivity index is 1.77. The summed E-state index contributed by atoms with van der Waals surface area (Å²) in [4.78, 5) is 17.0. The van der Waals surface area contributed by atoms with Crippen LogP contribution < -0.4 is 10.6 Å². The Morgan fingerprint density at radius 3 is 2.52 bits per heavy atom. The number of benzene rings is 1. The van der Waals surface area contributed by atoms with E-state index in [1.807, 2.05) is 39.1 Å². The van der Waals surface area contributed by atoms with Gasteiger partial charge in [-0.2, -0.15) is 10.1 Å². The first-order valence-electron chi connectivity index (χ1n) is 8.04. The fourth-order valence-corrected chi connectivity index (χ4v) is 3.05. The summed E-state index contributed by atoms with van der Waals surface area (Å²) in [6.45, 7) is 5.96. The van der Waals surface area contributed by atoms with Crippen LogP contribution in [0.3, 0.4) is 0 Å². The number of aryl methyl sites for hydroxylation is 3. The van der Waals surface area contributed by atoms with Gasteiger partial charge < -0.3 is 5.32 Å². The van der Waals surface area contributed by atoms with Gasteiger partial charge >= 0.3 is 0 Å². The highest BCUT2D eigenvalue weighted by Crippen LogP contribution is 2.23. The summed E-state index contributed by atoms with van der Waals surface area (Å²) in [6.07, 6.45) is 2.07. The standard InChI is InChI=1S/C17H23N5O/c1-11-8-12(2)10-14(9-11)16(23)20-17-19-15(21-22(17)3)13-4-6-18-7-5-13/h8-10,13,18H,4-7H2,1-3H3,(H,19,20,21,23). The Morgan fingerprint density at radius 1 is 1.22 bits per heavy atom. The molecule has 1 aromatic heterocycles. The normalized spacial score (nSPS) is 15.6. The highest BCUT2D eigenvalue weighted by atomic mass is 16.1. The number of hydrogen-bond donors (Lipinski definition) is 2. The number of carbonyl (C=O) groups excluding carboxylic acids is 1. The third kappa shape index (κ3) is 3.59. The van der Waals surface area contributed by atoms with E-state index < -0.39 is 0 Å². The van der Waals surface area contributed by atoms with Crippen molar-refractivity contribution in [2.24, 2.45) is 7.05 Å². The molecule has 1 aromatic carbocycles. The molecule has 2 aromatic rings. The zero-order chi connectivity index (χ0) is 16.4. The molecule has 0 radical (unpaired) electrons. The summed E-state index contributed by atoms with van der Waals surface area (Å²) in [5.74, 6) is 1.55. The van der Waals surface area contributed by atoms with Gasteiger partial charge in [-0.3, -0.25) is 10.1 Å². The molecular weight excluding hydrogens is 290 g/mol. The number of nitrogens with one attached hydrogen (secondary N) is 2. The van der Waals surface area contributed by atoms with Crippen molar-refractivity contribution in [3.8, 4) is 0 Å². The predicted molar refractivity (Wildman–Crippen MR) is 89.7 cm³/mol. The van der Waals surface area contributed by atoms with E-state index in [0.29, 0.717) is 17.4 Å². The van der Waals surface area contributed by atoms with Crippen molar-refractivity contribution in [3.63, 3.8) is 0 Å². The quantitative estimate of drug-likeness (QED) is 0.911. The maximum absolute atomic E-state index is 12.5. The second kappa shape index (κ2) is 6.50. The largest absolute Gasteiger partial charge is 0.317 e. The maximum Gasteiger partial charge on any atom is 0.258 e. The molecule has 3 rings (SSSR count). The Morgan fingerprint density at radius 2 is 1.87 bits per heavy atom. The van der Waals surface area contributed by atoms with Gasteiger partial charge in [-0.05, 0) is 51.9 Å². The van der Waals surface area contributed by atoms with Gasteiger partial charge in [-0.15, -0.1) is 0 Å². The van der Waals surface area contributed by atoms with Crippen molar-refractivity contribution < 1.29 is 4.79 Å². The number of rotatable bonds is 3. The first-order valence-corrected chi connectivity index (χ1v) is 8.04. The number of nitrogens with zero attached hydrogens (tertiary/aromatic N) is 3. The number of anilines is 1. The van der Waals surface area contributed by atoms with Crippen molar-refractivity contribution >= 4 is 11.9 Å². The Kier molecular flexibility index (Phi) is 4.43. The minimum Gasteiger partial charge on any atom is -0.317 e. The van der Waals surface area contributed by atoms with E-state index in [1.54, 1.807) is 4.68 Å². The molecule has 0 spiro atoms. The zero-order valence-electron chi connectivity index (χ0n) is 13.9. The topological polar surface area (TPSA) is 71.8 Å². The Hall–Kier alpha value is -2.21. The van der Waals surface area contributed by atoms with Gasteiger partial charge in [0.15, 0.2) is 5.82 Å². The second-order valence-corrected chi connectivity index (χ2v) is 6.27. The van der Waals surface area contributed by atoms with Crippen LogP contribution >= 0.6 is 0 Å². The van der Waals surface area contributed by atoms with Gasteiger partial charge in [0.2, 0.25) is 5.95 Å². The molecule has 1 aliphatic rings. The zero-order valence-corrected chi connectivity index (χ0v) is 13.9. The highest BCUT2D eigenvalue weighted by Gasteiger charge is 2.21. The van der Waals surface area contributed by atoms with Crippen molar-refractivity contribution in [2.75, 3.05) is 18.4 Å². The smallest absolute Gasteiger partial charge is 0.258 e. The lowest BCUT2D eigenvalue weighted by Gasteiger charge is -2.19. The molecule has 1 fully saturated rings. The average molecular weight is 313 g/mol. The lowest BCUT2D eigenvalue weighted by molar-refractivity contribution is 0.102. The van der Waals surface area contributed by atoms with Gasteiger partial charge in [0, 0.05) is 18.5 Å². The predicted octanol–water partition coefficient (Wildman–Crippen LogP) is 2.15. The van der Waals surface area contributed by atoms with E-state index >= 15 is 0 Å². The molecule has 122 valence electrons. The van der Waals surface area contributed by atoms with Gasteiger partial charge in [0.1, 0.15) is 0 Å². The van der Waals surface area contributed by atoms with Crippen LogP contribution in [-0.2, 0) is 7.05 Å². The third-order valence-corrected chi connectivity index (χ3v) is 4.19. The molecular formula is C17H23N5O.